The van der Waals surface area contributed by atoms with E-state index >= 15 is 0 Å². The third-order valence-electron chi connectivity index (χ3n) is 4.23. The third kappa shape index (κ3) is 2.00. The molecular formula is C11H15F5N2O. The van der Waals surface area contributed by atoms with Crippen molar-refractivity contribution in [3.05, 3.63) is 0 Å². The van der Waals surface area contributed by atoms with Crippen molar-refractivity contribution in [2.75, 3.05) is 19.6 Å². The highest BCUT2D eigenvalue weighted by molar-refractivity contribution is 5.85. The molecule has 0 aromatic rings. The summed E-state index contributed by atoms with van der Waals surface area (Å²) >= 11 is 0. The summed E-state index contributed by atoms with van der Waals surface area (Å²) in [6.07, 6.45) is -5.85. The van der Waals surface area contributed by atoms with Crippen molar-refractivity contribution in [3.63, 3.8) is 0 Å². The van der Waals surface area contributed by atoms with Crippen LogP contribution in [0.25, 0.3) is 0 Å². The van der Waals surface area contributed by atoms with E-state index in [9.17, 15) is 26.7 Å². The molecule has 3 nitrogen and oxygen atoms in total. The number of nitrogens with zero attached hydrogens (tertiary/aromatic N) is 1. The zero-order valence-corrected chi connectivity index (χ0v) is 10.5. The van der Waals surface area contributed by atoms with Gasteiger partial charge in [0.1, 0.15) is 0 Å². The fourth-order valence-corrected chi connectivity index (χ4v) is 3.06. The molecule has 0 radical (unpaired) electrons. The molecule has 2 aliphatic heterocycles. The van der Waals surface area contributed by atoms with Gasteiger partial charge in [0.05, 0.1) is 0 Å². The molecule has 2 rings (SSSR count). The second-order valence-corrected chi connectivity index (χ2v) is 5.67. The van der Waals surface area contributed by atoms with E-state index in [-0.39, 0.29) is 18.4 Å². The number of halogens is 5. The maximum atomic E-state index is 13.2. The van der Waals surface area contributed by atoms with Gasteiger partial charge in [-0.2, -0.15) is 22.0 Å². The molecule has 2 heterocycles. The minimum Gasteiger partial charge on any atom is -0.331 e. The van der Waals surface area contributed by atoms with Crippen molar-refractivity contribution in [1.29, 1.82) is 0 Å². The van der Waals surface area contributed by atoms with Gasteiger partial charge >= 0.3 is 18.0 Å². The Labute approximate surface area is 107 Å². The molecule has 2 fully saturated rings. The molecule has 2 aliphatic rings. The number of hydrogen-bond donors (Lipinski definition) is 1. The van der Waals surface area contributed by atoms with E-state index in [0.29, 0.717) is 18.0 Å². The number of rotatable bonds is 1. The number of likely N-dealkylation sites (tertiary alicyclic amines) is 1. The molecule has 1 N–H and O–H groups in total. The Balaban J connectivity index is 2.26. The molecule has 0 bridgehead atoms. The van der Waals surface area contributed by atoms with Gasteiger partial charge in [0, 0.05) is 25.2 Å². The number of carbonyl (C=O) groups is 1. The van der Waals surface area contributed by atoms with Gasteiger partial charge in [-0.3, -0.25) is 4.79 Å². The minimum absolute atomic E-state index is 0.0603. The Hall–Kier alpha value is -0.920. The summed E-state index contributed by atoms with van der Waals surface area (Å²) in [7, 11) is 0. The van der Waals surface area contributed by atoms with Crippen LogP contribution in [0.15, 0.2) is 0 Å². The number of carbonyl (C=O) groups excluding carboxylic acids is 1. The highest BCUT2D eigenvalue weighted by Crippen LogP contribution is 2.45. The van der Waals surface area contributed by atoms with Gasteiger partial charge in [0.2, 0.25) is 0 Å². The van der Waals surface area contributed by atoms with Crippen LogP contribution in [-0.4, -0.2) is 48.1 Å². The van der Waals surface area contributed by atoms with E-state index in [0.717, 1.165) is 0 Å². The van der Waals surface area contributed by atoms with Crippen LogP contribution in [0, 0.1) is 11.8 Å². The van der Waals surface area contributed by atoms with E-state index in [1.807, 2.05) is 0 Å². The molecule has 110 valence electrons. The van der Waals surface area contributed by atoms with Gasteiger partial charge in [-0.1, -0.05) is 0 Å². The second-order valence-electron chi connectivity index (χ2n) is 5.67. The van der Waals surface area contributed by atoms with Crippen LogP contribution in [0.1, 0.15) is 13.8 Å². The largest absolute Gasteiger partial charge is 0.463 e. The summed E-state index contributed by atoms with van der Waals surface area (Å²) in [6, 6.07) is 0. The first-order valence-corrected chi connectivity index (χ1v) is 5.97. The molecule has 0 saturated carbocycles. The van der Waals surface area contributed by atoms with Crippen LogP contribution >= 0.6 is 0 Å². The normalized spacial score (nSPS) is 30.6. The Morgan fingerprint density at radius 3 is 2.26 bits per heavy atom. The Kier molecular flexibility index (Phi) is 3.08. The minimum atomic E-state index is -5.85. The third-order valence-corrected chi connectivity index (χ3v) is 4.23. The summed E-state index contributed by atoms with van der Waals surface area (Å²) in [5.74, 6) is -7.63. The van der Waals surface area contributed by atoms with Crippen molar-refractivity contribution in [1.82, 2.24) is 10.2 Å². The molecule has 2 atom stereocenters. The average molecular weight is 286 g/mol. The van der Waals surface area contributed by atoms with Crippen molar-refractivity contribution in [3.8, 4) is 0 Å². The zero-order valence-electron chi connectivity index (χ0n) is 10.5. The van der Waals surface area contributed by atoms with Gasteiger partial charge in [-0.15, -0.1) is 0 Å². The fraction of sp³-hybridized carbons (Fsp3) is 0.909. The Morgan fingerprint density at radius 2 is 1.79 bits per heavy atom. The van der Waals surface area contributed by atoms with E-state index in [2.05, 4.69) is 5.32 Å². The van der Waals surface area contributed by atoms with Crippen molar-refractivity contribution in [2.45, 2.75) is 31.5 Å². The van der Waals surface area contributed by atoms with Crippen molar-refractivity contribution in [2.24, 2.45) is 11.8 Å². The topological polar surface area (TPSA) is 32.3 Å². The number of amides is 1. The number of alkyl halides is 5. The summed E-state index contributed by atoms with van der Waals surface area (Å²) in [6.45, 7) is 4.08. The lowest BCUT2D eigenvalue weighted by Crippen LogP contribution is -2.57. The summed E-state index contributed by atoms with van der Waals surface area (Å²) in [5, 5.41) is 3.06. The molecule has 1 amide bonds. The molecule has 19 heavy (non-hydrogen) atoms. The van der Waals surface area contributed by atoms with E-state index < -0.39 is 23.5 Å². The first-order valence-electron chi connectivity index (χ1n) is 5.97. The quantitative estimate of drug-likeness (QED) is 0.743. The van der Waals surface area contributed by atoms with Gasteiger partial charge in [0.25, 0.3) is 0 Å². The summed E-state index contributed by atoms with van der Waals surface area (Å²) in [4.78, 5) is 12.3. The lowest BCUT2D eigenvalue weighted by molar-refractivity contribution is -0.275. The summed E-state index contributed by atoms with van der Waals surface area (Å²) < 4.78 is 63.1. The summed E-state index contributed by atoms with van der Waals surface area (Å²) in [5.41, 5.74) is -1.00. The maximum absolute atomic E-state index is 13.2. The highest BCUT2D eigenvalue weighted by Gasteiger charge is 2.67. The van der Waals surface area contributed by atoms with Gasteiger partial charge in [-0.25, -0.2) is 0 Å². The average Bonchev–Trinajstić information content (AvgIpc) is 2.78. The molecule has 8 heteroatoms. The Morgan fingerprint density at radius 1 is 1.21 bits per heavy atom. The molecule has 0 aromatic heterocycles. The number of fused-ring (bicyclic) bond motifs is 1. The lowest BCUT2D eigenvalue weighted by Gasteiger charge is -2.37. The first-order chi connectivity index (χ1) is 8.49. The molecular weight excluding hydrogens is 271 g/mol. The molecule has 2 saturated heterocycles. The van der Waals surface area contributed by atoms with Gasteiger partial charge < -0.3 is 10.2 Å². The molecule has 0 aliphatic carbocycles. The second kappa shape index (κ2) is 4.04. The predicted molar refractivity (Wildman–Crippen MR) is 56.6 cm³/mol. The van der Waals surface area contributed by atoms with Crippen LogP contribution in [0.4, 0.5) is 22.0 Å². The van der Waals surface area contributed by atoms with Gasteiger partial charge in [0.15, 0.2) is 0 Å². The lowest BCUT2D eigenvalue weighted by atomic mass is 9.84. The fourth-order valence-electron chi connectivity index (χ4n) is 3.06. The van der Waals surface area contributed by atoms with E-state index in [1.165, 1.54) is 13.8 Å². The standard InChI is InChI=1S/C11H15F5N2O/c1-9(2)7-4-17-3-6(7)5-18(9)8(19)10(12,13)11(14,15)16/h6-7,17H,3-5H2,1-2H3. The molecule has 0 spiro atoms. The highest BCUT2D eigenvalue weighted by atomic mass is 19.4. The number of hydrogen-bond acceptors (Lipinski definition) is 2. The van der Waals surface area contributed by atoms with Crippen LogP contribution in [0.2, 0.25) is 0 Å². The van der Waals surface area contributed by atoms with Gasteiger partial charge in [-0.05, 0) is 25.7 Å². The Bertz CT molecular complexity index is 393. The van der Waals surface area contributed by atoms with Crippen LogP contribution in [0.5, 0.6) is 0 Å². The van der Waals surface area contributed by atoms with E-state index in [4.69, 9.17) is 0 Å². The van der Waals surface area contributed by atoms with Crippen LogP contribution in [0.3, 0.4) is 0 Å². The maximum Gasteiger partial charge on any atom is 0.463 e. The number of nitrogens with one attached hydrogen (secondary N) is 1. The monoisotopic (exact) mass is 286 g/mol. The van der Waals surface area contributed by atoms with Crippen LogP contribution < -0.4 is 5.32 Å². The van der Waals surface area contributed by atoms with Crippen LogP contribution in [-0.2, 0) is 4.79 Å². The SMILES string of the molecule is CC1(C)C2CNCC2CN1C(=O)C(F)(F)C(F)(F)F. The predicted octanol–water partition coefficient (Wildman–Crippen LogP) is 1.64. The molecule has 0 aromatic carbocycles. The first kappa shape index (κ1) is 14.5. The van der Waals surface area contributed by atoms with Crippen molar-refractivity contribution >= 4 is 5.91 Å². The van der Waals surface area contributed by atoms with Crippen molar-refractivity contribution < 1.29 is 26.7 Å². The van der Waals surface area contributed by atoms with E-state index in [1.54, 1.807) is 0 Å². The molecule has 2 unspecified atom stereocenters. The zero-order chi connectivity index (χ0) is 14.6. The smallest absolute Gasteiger partial charge is 0.331 e.